The van der Waals surface area contributed by atoms with E-state index in [9.17, 15) is 15.3 Å². The minimum Gasteiger partial charge on any atom is -0.393 e. The molecule has 0 unspecified atom stereocenters. The Labute approximate surface area is 190 Å². The zero-order valence-electron chi connectivity index (χ0n) is 20.8. The minimum atomic E-state index is -0.644. The molecule has 0 aliphatic heterocycles. The molecule has 5 fully saturated rings. The molecule has 0 heterocycles. The molecule has 5 rings (SSSR count). The molecule has 0 aromatic carbocycles. The molecule has 5 aliphatic rings. The molecule has 13 atom stereocenters. The number of fused-ring (bicyclic) bond motifs is 4. The first-order valence-electron chi connectivity index (χ1n) is 13.5. The maximum atomic E-state index is 11.4. The van der Waals surface area contributed by atoms with Crippen molar-refractivity contribution >= 4 is 0 Å². The maximum absolute atomic E-state index is 11.4. The Kier molecular flexibility index (Phi) is 5.25. The second-order valence-electron chi connectivity index (χ2n) is 13.7. The van der Waals surface area contributed by atoms with Crippen molar-refractivity contribution in [1.82, 2.24) is 0 Å². The van der Waals surface area contributed by atoms with Crippen LogP contribution in [-0.2, 0) is 0 Å². The van der Waals surface area contributed by atoms with Crippen molar-refractivity contribution in [3.63, 3.8) is 0 Å². The molecule has 0 saturated heterocycles. The van der Waals surface area contributed by atoms with Crippen LogP contribution in [0.4, 0.5) is 0 Å². The van der Waals surface area contributed by atoms with Gasteiger partial charge in [-0.05, 0) is 110 Å². The third-order valence-electron chi connectivity index (χ3n) is 12.8. The Morgan fingerprint density at radius 3 is 2.19 bits per heavy atom. The van der Waals surface area contributed by atoms with E-state index in [2.05, 4.69) is 41.5 Å². The molecular weight excluding hydrogens is 384 g/mol. The van der Waals surface area contributed by atoms with Crippen LogP contribution in [0.2, 0.25) is 0 Å². The highest BCUT2D eigenvalue weighted by Crippen LogP contribution is 2.81. The first-order chi connectivity index (χ1) is 14.5. The Morgan fingerprint density at radius 2 is 1.55 bits per heavy atom. The van der Waals surface area contributed by atoms with E-state index in [1.165, 1.54) is 44.9 Å². The van der Waals surface area contributed by atoms with Crippen molar-refractivity contribution in [2.45, 2.75) is 111 Å². The van der Waals surface area contributed by atoms with Crippen molar-refractivity contribution in [2.24, 2.45) is 63.6 Å². The van der Waals surface area contributed by atoms with Crippen LogP contribution in [-0.4, -0.2) is 33.6 Å². The molecule has 3 heteroatoms. The number of aliphatic hydroxyl groups excluding tert-OH is 3. The lowest BCUT2D eigenvalue weighted by molar-refractivity contribution is -0.156. The third-order valence-corrected chi connectivity index (χ3v) is 12.8. The van der Waals surface area contributed by atoms with Crippen molar-refractivity contribution < 1.29 is 15.3 Å². The largest absolute Gasteiger partial charge is 0.393 e. The smallest absolute Gasteiger partial charge is 0.0830 e. The van der Waals surface area contributed by atoms with Crippen LogP contribution in [0.3, 0.4) is 0 Å². The van der Waals surface area contributed by atoms with E-state index >= 15 is 0 Å². The molecule has 5 saturated carbocycles. The van der Waals surface area contributed by atoms with Crippen LogP contribution >= 0.6 is 0 Å². The average molecular weight is 433 g/mol. The van der Waals surface area contributed by atoms with Crippen LogP contribution < -0.4 is 0 Å². The van der Waals surface area contributed by atoms with E-state index in [0.29, 0.717) is 29.1 Å². The van der Waals surface area contributed by atoms with Gasteiger partial charge in [0.2, 0.25) is 0 Å². The van der Waals surface area contributed by atoms with Gasteiger partial charge in [0.15, 0.2) is 0 Å². The summed E-state index contributed by atoms with van der Waals surface area (Å²) in [7, 11) is 0. The number of aliphatic hydroxyl groups is 3. The Balaban J connectivity index is 1.37. The van der Waals surface area contributed by atoms with Gasteiger partial charge in [-0.2, -0.15) is 0 Å². The molecule has 3 N–H and O–H groups in total. The lowest BCUT2D eigenvalue weighted by Crippen LogP contribution is -2.57. The summed E-state index contributed by atoms with van der Waals surface area (Å²) in [5.41, 5.74) is 0.860. The summed E-state index contributed by atoms with van der Waals surface area (Å²) in [4.78, 5) is 0. The molecule has 5 aliphatic carbocycles. The van der Waals surface area contributed by atoms with Gasteiger partial charge >= 0.3 is 0 Å². The second kappa shape index (κ2) is 7.19. The second-order valence-corrected chi connectivity index (χ2v) is 13.7. The van der Waals surface area contributed by atoms with Gasteiger partial charge in [-0.1, -0.05) is 41.5 Å². The van der Waals surface area contributed by atoms with Crippen LogP contribution in [0.1, 0.15) is 92.9 Å². The fourth-order valence-corrected chi connectivity index (χ4v) is 10.5. The Hall–Kier alpha value is -0.120. The van der Waals surface area contributed by atoms with Gasteiger partial charge in [0.25, 0.3) is 0 Å². The monoisotopic (exact) mass is 432 g/mol. The van der Waals surface area contributed by atoms with Crippen LogP contribution in [0.15, 0.2) is 0 Å². The molecule has 0 aromatic rings. The van der Waals surface area contributed by atoms with Crippen LogP contribution in [0.5, 0.6) is 0 Å². The fraction of sp³-hybridized carbons (Fsp3) is 1.00. The molecule has 0 aromatic heterocycles. The predicted molar refractivity (Wildman–Crippen MR) is 124 cm³/mol. The number of rotatable bonds is 5. The van der Waals surface area contributed by atoms with Gasteiger partial charge in [0.1, 0.15) is 0 Å². The number of hydrogen-bond donors (Lipinski definition) is 3. The van der Waals surface area contributed by atoms with E-state index in [1.54, 1.807) is 0 Å². The zero-order chi connectivity index (χ0) is 22.5. The summed E-state index contributed by atoms with van der Waals surface area (Å²) in [6.07, 6.45) is 8.59. The van der Waals surface area contributed by atoms with Crippen LogP contribution in [0, 0.1) is 63.6 Å². The van der Waals surface area contributed by atoms with Crippen molar-refractivity contribution in [3.05, 3.63) is 0 Å². The normalized spacial score (nSPS) is 54.4. The summed E-state index contributed by atoms with van der Waals surface area (Å²) in [5, 5.41) is 33.4. The highest BCUT2D eigenvalue weighted by atomic mass is 16.3. The molecule has 0 amide bonds. The van der Waals surface area contributed by atoms with E-state index in [0.717, 1.165) is 18.3 Å². The molecule has 1 spiro atoms. The van der Waals surface area contributed by atoms with Gasteiger partial charge < -0.3 is 15.3 Å². The van der Waals surface area contributed by atoms with Crippen LogP contribution in [0.25, 0.3) is 0 Å². The summed E-state index contributed by atoms with van der Waals surface area (Å²) in [6, 6.07) is 0. The third kappa shape index (κ3) is 2.81. The van der Waals surface area contributed by atoms with E-state index in [1.807, 2.05) is 0 Å². The summed E-state index contributed by atoms with van der Waals surface area (Å²) >= 11 is 0. The Bertz CT molecular complexity index is 706. The van der Waals surface area contributed by atoms with Crippen molar-refractivity contribution in [3.8, 4) is 0 Å². The average Bonchev–Trinajstić information content (AvgIpc) is 3.26. The van der Waals surface area contributed by atoms with Gasteiger partial charge in [-0.25, -0.2) is 0 Å². The molecule has 0 bridgehead atoms. The standard InChI is InChI=1S/C28H48O3/c1-15(2)16(3)24(30)25(31)17(4)20-7-8-21-19-13-23(29)28-14-18(28)9-12-27(28,6)22(19)10-11-26(20,21)5/h15-25,29-31H,7-14H2,1-6H3/t16-,17-,18-,19-,20+,21-,22-,23+,24+,25+,26+,27+,28-/m0/s1. The fourth-order valence-electron chi connectivity index (χ4n) is 10.5. The Morgan fingerprint density at radius 1 is 0.839 bits per heavy atom. The summed E-state index contributed by atoms with van der Waals surface area (Å²) in [6.45, 7) is 13.6. The van der Waals surface area contributed by atoms with E-state index in [-0.39, 0.29) is 28.8 Å². The lowest BCUT2D eigenvalue weighted by atomic mass is 9.45. The lowest BCUT2D eigenvalue weighted by Gasteiger charge is -2.60. The van der Waals surface area contributed by atoms with Gasteiger partial charge in [0, 0.05) is 5.41 Å². The highest BCUT2D eigenvalue weighted by molar-refractivity contribution is 5.25. The molecule has 0 radical (unpaired) electrons. The van der Waals surface area contributed by atoms with Crippen molar-refractivity contribution in [2.75, 3.05) is 0 Å². The number of hydrogen-bond acceptors (Lipinski definition) is 3. The van der Waals surface area contributed by atoms with E-state index < -0.39 is 12.2 Å². The van der Waals surface area contributed by atoms with Crippen molar-refractivity contribution in [1.29, 1.82) is 0 Å². The molecule has 178 valence electrons. The van der Waals surface area contributed by atoms with Gasteiger partial charge in [-0.15, -0.1) is 0 Å². The SMILES string of the molecule is CC(C)[C@H](C)[C@@H](O)[C@H](O)[C@@H](C)[C@H]1CC[C@H]2[C@@H]3C[C@@H](O)[C@]45C[C@@H]4CC[C@]5(C)[C@H]3CC[C@]12C. The first kappa shape index (κ1) is 22.7. The molecule has 31 heavy (non-hydrogen) atoms. The van der Waals surface area contributed by atoms with Gasteiger partial charge in [0.05, 0.1) is 18.3 Å². The topological polar surface area (TPSA) is 60.7 Å². The highest BCUT2D eigenvalue weighted by Gasteiger charge is 2.77. The zero-order valence-corrected chi connectivity index (χ0v) is 20.8. The summed E-state index contributed by atoms with van der Waals surface area (Å²) < 4.78 is 0. The minimum absolute atomic E-state index is 0.0932. The predicted octanol–water partition coefficient (Wildman–Crippen LogP) is 5.27. The molecule has 3 nitrogen and oxygen atoms in total. The molecular formula is C28H48O3. The van der Waals surface area contributed by atoms with E-state index in [4.69, 9.17) is 0 Å². The quantitative estimate of drug-likeness (QED) is 0.555. The maximum Gasteiger partial charge on any atom is 0.0830 e. The van der Waals surface area contributed by atoms with Gasteiger partial charge in [-0.3, -0.25) is 0 Å². The summed E-state index contributed by atoms with van der Waals surface area (Å²) in [5.74, 6) is 3.98. The first-order valence-corrected chi connectivity index (χ1v) is 13.5.